The van der Waals surface area contributed by atoms with Gasteiger partial charge in [-0.2, -0.15) is 5.26 Å². The van der Waals surface area contributed by atoms with Crippen LogP contribution in [0.25, 0.3) is 0 Å². The van der Waals surface area contributed by atoms with Gasteiger partial charge in [0.25, 0.3) is 0 Å². The summed E-state index contributed by atoms with van der Waals surface area (Å²) in [5, 5.41) is 9.15. The third kappa shape index (κ3) is 2.20. The zero-order valence-corrected chi connectivity index (χ0v) is 10.6. The highest BCUT2D eigenvalue weighted by atomic mass is 16.5. The molecule has 1 heterocycles. The van der Waals surface area contributed by atoms with Crippen LogP contribution in [0.4, 0.5) is 0 Å². The number of ether oxygens (including phenoxy) is 1. The standard InChI is InChI=1S/C15H18N2O/c16-10-13-9-12-5-2-6-14(12)17-15(13)18-8-7-11-3-1-4-11/h9,11H,1-8H2. The minimum Gasteiger partial charge on any atom is -0.477 e. The van der Waals surface area contributed by atoms with E-state index in [0.29, 0.717) is 18.1 Å². The van der Waals surface area contributed by atoms with E-state index < -0.39 is 0 Å². The van der Waals surface area contributed by atoms with E-state index in [0.717, 1.165) is 37.3 Å². The van der Waals surface area contributed by atoms with Crippen LogP contribution in [0.1, 0.15) is 48.9 Å². The molecule has 2 aliphatic carbocycles. The largest absolute Gasteiger partial charge is 0.477 e. The van der Waals surface area contributed by atoms with E-state index in [9.17, 15) is 0 Å². The van der Waals surface area contributed by atoms with Gasteiger partial charge in [-0.3, -0.25) is 0 Å². The lowest BCUT2D eigenvalue weighted by molar-refractivity contribution is 0.216. The normalized spacial score (nSPS) is 17.9. The highest BCUT2D eigenvalue weighted by molar-refractivity contribution is 5.44. The second-order valence-electron chi connectivity index (χ2n) is 5.35. The third-order valence-corrected chi connectivity index (χ3v) is 4.13. The lowest BCUT2D eigenvalue weighted by atomic mass is 9.83. The molecule has 0 N–H and O–H groups in total. The second kappa shape index (κ2) is 4.97. The minimum absolute atomic E-state index is 0.553. The van der Waals surface area contributed by atoms with Crippen LogP contribution in [0.2, 0.25) is 0 Å². The Morgan fingerprint density at radius 3 is 2.94 bits per heavy atom. The summed E-state index contributed by atoms with van der Waals surface area (Å²) in [6, 6.07) is 4.17. The van der Waals surface area contributed by atoms with Gasteiger partial charge >= 0.3 is 0 Å². The number of hydrogen-bond donors (Lipinski definition) is 0. The van der Waals surface area contributed by atoms with Gasteiger partial charge in [-0.1, -0.05) is 19.3 Å². The summed E-state index contributed by atoms with van der Waals surface area (Å²) >= 11 is 0. The van der Waals surface area contributed by atoms with Crippen LogP contribution < -0.4 is 4.74 Å². The lowest BCUT2D eigenvalue weighted by Gasteiger charge is -2.24. The maximum Gasteiger partial charge on any atom is 0.231 e. The maximum atomic E-state index is 9.15. The average molecular weight is 242 g/mol. The first kappa shape index (κ1) is 11.5. The zero-order valence-electron chi connectivity index (χ0n) is 10.6. The Morgan fingerprint density at radius 1 is 1.33 bits per heavy atom. The summed E-state index contributed by atoms with van der Waals surface area (Å²) in [5.41, 5.74) is 2.97. The topological polar surface area (TPSA) is 45.9 Å². The van der Waals surface area contributed by atoms with Gasteiger partial charge in [-0.25, -0.2) is 4.98 Å². The van der Waals surface area contributed by atoms with Crippen LogP contribution in [-0.4, -0.2) is 11.6 Å². The predicted octanol–water partition coefficient (Wildman–Crippen LogP) is 3.01. The fourth-order valence-corrected chi connectivity index (χ4v) is 2.75. The summed E-state index contributed by atoms with van der Waals surface area (Å²) < 4.78 is 5.73. The first-order valence-electron chi connectivity index (χ1n) is 6.92. The van der Waals surface area contributed by atoms with Gasteiger partial charge in [0.05, 0.1) is 6.61 Å². The van der Waals surface area contributed by atoms with Gasteiger partial charge in [0, 0.05) is 5.69 Å². The van der Waals surface area contributed by atoms with Crippen LogP contribution in [0.15, 0.2) is 6.07 Å². The molecule has 0 unspecified atom stereocenters. The molecule has 1 fully saturated rings. The molecule has 18 heavy (non-hydrogen) atoms. The van der Waals surface area contributed by atoms with E-state index in [2.05, 4.69) is 11.1 Å². The molecule has 0 radical (unpaired) electrons. The van der Waals surface area contributed by atoms with E-state index in [1.165, 1.54) is 24.8 Å². The Bertz CT molecular complexity index is 486. The van der Waals surface area contributed by atoms with E-state index in [1.54, 1.807) is 0 Å². The van der Waals surface area contributed by atoms with Crippen molar-refractivity contribution in [3.05, 3.63) is 22.9 Å². The van der Waals surface area contributed by atoms with Crippen molar-refractivity contribution in [2.75, 3.05) is 6.61 Å². The van der Waals surface area contributed by atoms with Crippen molar-refractivity contribution in [3.63, 3.8) is 0 Å². The first-order chi connectivity index (χ1) is 8.86. The monoisotopic (exact) mass is 242 g/mol. The number of hydrogen-bond acceptors (Lipinski definition) is 3. The van der Waals surface area contributed by atoms with Crippen LogP contribution in [0, 0.1) is 17.2 Å². The van der Waals surface area contributed by atoms with E-state index in [1.807, 2.05) is 6.07 Å². The van der Waals surface area contributed by atoms with Crippen molar-refractivity contribution in [2.45, 2.75) is 44.9 Å². The van der Waals surface area contributed by atoms with Gasteiger partial charge < -0.3 is 4.74 Å². The van der Waals surface area contributed by atoms with Gasteiger partial charge in [-0.05, 0) is 43.2 Å². The first-order valence-corrected chi connectivity index (χ1v) is 6.92. The maximum absolute atomic E-state index is 9.15. The second-order valence-corrected chi connectivity index (χ2v) is 5.35. The van der Waals surface area contributed by atoms with Crippen molar-refractivity contribution in [3.8, 4) is 11.9 Å². The Morgan fingerprint density at radius 2 is 2.22 bits per heavy atom. The molecule has 3 nitrogen and oxygen atoms in total. The van der Waals surface area contributed by atoms with Crippen molar-refractivity contribution in [1.29, 1.82) is 5.26 Å². The number of nitriles is 1. The smallest absolute Gasteiger partial charge is 0.231 e. The molecule has 0 saturated heterocycles. The molecular weight excluding hydrogens is 224 g/mol. The molecule has 2 aliphatic rings. The summed E-state index contributed by atoms with van der Waals surface area (Å²) in [5.74, 6) is 1.39. The van der Waals surface area contributed by atoms with Crippen LogP contribution in [-0.2, 0) is 12.8 Å². The molecular formula is C15H18N2O. The highest BCUT2D eigenvalue weighted by Gasteiger charge is 2.19. The molecule has 3 rings (SSSR count). The third-order valence-electron chi connectivity index (χ3n) is 4.13. The molecule has 0 atom stereocenters. The van der Waals surface area contributed by atoms with Gasteiger partial charge in [-0.15, -0.1) is 0 Å². The van der Waals surface area contributed by atoms with Gasteiger partial charge in [0.2, 0.25) is 5.88 Å². The fraction of sp³-hybridized carbons (Fsp3) is 0.600. The van der Waals surface area contributed by atoms with Crippen molar-refractivity contribution < 1.29 is 4.74 Å². The molecule has 94 valence electrons. The van der Waals surface area contributed by atoms with Crippen LogP contribution >= 0.6 is 0 Å². The summed E-state index contributed by atoms with van der Waals surface area (Å²) in [6.07, 6.45) is 8.38. The average Bonchev–Trinajstić information content (AvgIpc) is 2.78. The number of aryl methyl sites for hydroxylation is 2. The quantitative estimate of drug-likeness (QED) is 0.815. The molecule has 0 bridgehead atoms. The Labute approximate surface area is 108 Å². The highest BCUT2D eigenvalue weighted by Crippen LogP contribution is 2.30. The summed E-state index contributed by atoms with van der Waals surface area (Å²) in [7, 11) is 0. The molecule has 1 aromatic rings. The molecule has 0 spiro atoms. The number of pyridine rings is 1. The number of rotatable bonds is 4. The number of fused-ring (bicyclic) bond motifs is 1. The van der Waals surface area contributed by atoms with E-state index >= 15 is 0 Å². The minimum atomic E-state index is 0.553. The SMILES string of the molecule is N#Cc1cc2c(nc1OCCC1CCC1)CCC2. The number of aromatic nitrogens is 1. The summed E-state index contributed by atoms with van der Waals surface area (Å²) in [4.78, 5) is 4.52. The van der Waals surface area contributed by atoms with Crippen molar-refractivity contribution >= 4 is 0 Å². The Hall–Kier alpha value is -1.56. The van der Waals surface area contributed by atoms with Crippen LogP contribution in [0.5, 0.6) is 5.88 Å². The molecule has 0 amide bonds. The predicted molar refractivity (Wildman–Crippen MR) is 68.4 cm³/mol. The van der Waals surface area contributed by atoms with E-state index in [-0.39, 0.29) is 0 Å². The number of nitrogens with zero attached hydrogens (tertiary/aromatic N) is 2. The van der Waals surface area contributed by atoms with Gasteiger partial charge in [0.15, 0.2) is 0 Å². The lowest BCUT2D eigenvalue weighted by Crippen LogP contribution is -2.15. The summed E-state index contributed by atoms with van der Waals surface area (Å²) in [6.45, 7) is 0.700. The van der Waals surface area contributed by atoms with Crippen LogP contribution in [0.3, 0.4) is 0 Å². The molecule has 0 aliphatic heterocycles. The molecule has 0 aromatic carbocycles. The molecule has 1 saturated carbocycles. The van der Waals surface area contributed by atoms with Gasteiger partial charge in [0.1, 0.15) is 11.6 Å². The van der Waals surface area contributed by atoms with Crippen molar-refractivity contribution in [2.24, 2.45) is 5.92 Å². The molecule has 3 heteroatoms. The zero-order chi connectivity index (χ0) is 12.4. The van der Waals surface area contributed by atoms with E-state index in [4.69, 9.17) is 10.00 Å². The Balaban J connectivity index is 1.68. The van der Waals surface area contributed by atoms with Crippen molar-refractivity contribution in [1.82, 2.24) is 4.98 Å². The Kier molecular flexibility index (Phi) is 3.19. The fourth-order valence-electron chi connectivity index (χ4n) is 2.75. The molecule has 1 aromatic heterocycles.